The number of imidazole rings is 2. The highest BCUT2D eigenvalue weighted by Crippen LogP contribution is 2.49. The second-order valence-corrected chi connectivity index (χ2v) is 9.23. The van der Waals surface area contributed by atoms with Gasteiger partial charge in [0.15, 0.2) is 5.82 Å². The van der Waals surface area contributed by atoms with Crippen LogP contribution in [0.25, 0.3) is 22.6 Å². The third kappa shape index (κ3) is 4.04. The first-order valence-electron chi connectivity index (χ1n) is 11.6. The number of para-hydroxylation sites is 2. The number of amides is 1. The van der Waals surface area contributed by atoms with Gasteiger partial charge in [0.05, 0.1) is 22.6 Å². The third-order valence-corrected chi connectivity index (χ3v) is 7.34. The van der Waals surface area contributed by atoms with E-state index in [1.165, 1.54) is 0 Å². The van der Waals surface area contributed by atoms with E-state index in [-0.39, 0.29) is 11.8 Å². The molecule has 1 aliphatic carbocycles. The van der Waals surface area contributed by atoms with Gasteiger partial charge in [-0.1, -0.05) is 42.5 Å². The van der Waals surface area contributed by atoms with Gasteiger partial charge in [0.2, 0.25) is 5.91 Å². The number of carbonyl (C=O) groups excluding carboxylic acids is 1. The fraction of sp³-hybridized carbons (Fsp3) is 0.346. The van der Waals surface area contributed by atoms with Crippen molar-refractivity contribution in [1.82, 2.24) is 19.9 Å². The molecule has 2 aromatic carbocycles. The number of rotatable bonds is 7. The summed E-state index contributed by atoms with van der Waals surface area (Å²) in [4.78, 5) is 29.3. The summed E-state index contributed by atoms with van der Waals surface area (Å²) in [6.07, 6.45) is 5.74. The van der Waals surface area contributed by atoms with E-state index >= 15 is 0 Å². The van der Waals surface area contributed by atoms with E-state index in [2.05, 4.69) is 22.1 Å². The van der Waals surface area contributed by atoms with Crippen molar-refractivity contribution in [3.63, 3.8) is 0 Å². The minimum Gasteiger partial charge on any atom is -0.369 e. The van der Waals surface area contributed by atoms with E-state index in [4.69, 9.17) is 21.4 Å². The molecule has 0 bridgehead atoms. The second kappa shape index (κ2) is 8.83. The molecule has 1 saturated carbocycles. The molecular formula is C26H30N6O. The largest absolute Gasteiger partial charge is 0.369 e. The highest BCUT2D eigenvalue weighted by Gasteiger charge is 2.48. The second-order valence-electron chi connectivity index (χ2n) is 9.23. The number of H-pyrrole nitrogens is 2. The van der Waals surface area contributed by atoms with Gasteiger partial charge in [-0.05, 0) is 62.3 Å². The van der Waals surface area contributed by atoms with Crippen molar-refractivity contribution in [2.75, 3.05) is 6.54 Å². The van der Waals surface area contributed by atoms with Crippen LogP contribution in [0.5, 0.6) is 0 Å². The quantitative estimate of drug-likeness (QED) is 0.346. The van der Waals surface area contributed by atoms with E-state index in [0.29, 0.717) is 18.9 Å². The number of hydrogen-bond acceptors (Lipinski definition) is 4. The fourth-order valence-corrected chi connectivity index (χ4v) is 5.31. The molecule has 0 spiro atoms. The van der Waals surface area contributed by atoms with Crippen LogP contribution in [0.3, 0.4) is 0 Å². The topological polar surface area (TPSA) is 126 Å². The fourth-order valence-electron chi connectivity index (χ4n) is 5.31. The highest BCUT2D eigenvalue weighted by atomic mass is 16.1. The number of aromatic amines is 2. The first-order chi connectivity index (χ1) is 16.1. The highest BCUT2D eigenvalue weighted by molar-refractivity contribution is 5.82. The van der Waals surface area contributed by atoms with Crippen molar-refractivity contribution in [3.05, 3.63) is 72.2 Å². The zero-order valence-corrected chi connectivity index (χ0v) is 18.6. The Balaban J connectivity index is 1.54. The van der Waals surface area contributed by atoms with Crippen LogP contribution in [0, 0.1) is 11.3 Å². The van der Waals surface area contributed by atoms with Gasteiger partial charge in [-0.2, -0.15) is 0 Å². The van der Waals surface area contributed by atoms with Crippen LogP contribution in [0.4, 0.5) is 0 Å². The first-order valence-corrected chi connectivity index (χ1v) is 11.6. The summed E-state index contributed by atoms with van der Waals surface area (Å²) in [5.74, 6) is 1.54. The zero-order chi connectivity index (χ0) is 22.8. The minimum atomic E-state index is -0.662. The lowest BCUT2D eigenvalue weighted by atomic mass is 9.61. The molecular weight excluding hydrogens is 412 g/mol. The number of hydrogen-bond donors (Lipinski definition) is 4. The maximum absolute atomic E-state index is 13.0. The Bertz CT molecular complexity index is 1200. The summed E-state index contributed by atoms with van der Waals surface area (Å²) in [6.45, 7) is 0.648. The average Bonchev–Trinajstić information content (AvgIpc) is 3.50. The number of carbonyl (C=O) groups is 1. The van der Waals surface area contributed by atoms with Crippen LogP contribution < -0.4 is 11.5 Å². The Labute approximate surface area is 193 Å². The molecule has 7 heteroatoms. The van der Waals surface area contributed by atoms with Crippen molar-refractivity contribution in [3.8, 4) is 11.5 Å². The smallest absolute Gasteiger partial charge is 0.224 e. The number of primary amides is 1. The molecule has 1 fully saturated rings. The lowest BCUT2D eigenvalue weighted by molar-refractivity contribution is -0.132. The van der Waals surface area contributed by atoms with Gasteiger partial charge in [-0.3, -0.25) is 4.79 Å². The molecule has 0 saturated heterocycles. The summed E-state index contributed by atoms with van der Waals surface area (Å²) in [5.41, 5.74) is 15.2. The average molecular weight is 443 g/mol. The molecule has 170 valence electrons. The van der Waals surface area contributed by atoms with E-state index in [1.807, 2.05) is 42.5 Å². The molecule has 4 aromatic rings. The van der Waals surface area contributed by atoms with Crippen LogP contribution in [0.15, 0.2) is 60.8 Å². The van der Waals surface area contributed by atoms with Gasteiger partial charge in [0.25, 0.3) is 0 Å². The predicted molar refractivity (Wildman–Crippen MR) is 129 cm³/mol. The van der Waals surface area contributed by atoms with E-state index < -0.39 is 5.41 Å². The van der Waals surface area contributed by atoms with Crippen molar-refractivity contribution in [1.29, 1.82) is 0 Å². The Morgan fingerprint density at radius 2 is 1.79 bits per heavy atom. The summed E-state index contributed by atoms with van der Waals surface area (Å²) in [7, 11) is 0. The normalized spacial score (nSPS) is 21.8. The van der Waals surface area contributed by atoms with Gasteiger partial charge in [0, 0.05) is 5.92 Å². The van der Waals surface area contributed by atoms with Crippen LogP contribution in [0.1, 0.15) is 43.0 Å². The Morgan fingerprint density at radius 3 is 2.48 bits per heavy atom. The molecule has 0 radical (unpaired) electrons. The number of aromatic nitrogens is 4. The SMILES string of the molecule is NCC1CCC(C(N)=O)([C@H](Cc2ccccc2)c2ncc(-c3nc4ccccc4[nH]3)[nH]2)CC1. The molecule has 7 nitrogen and oxygen atoms in total. The zero-order valence-electron chi connectivity index (χ0n) is 18.6. The van der Waals surface area contributed by atoms with E-state index in [0.717, 1.165) is 59.6 Å². The number of benzene rings is 2. The van der Waals surface area contributed by atoms with Crippen LogP contribution in [-0.2, 0) is 11.2 Å². The van der Waals surface area contributed by atoms with Gasteiger partial charge >= 0.3 is 0 Å². The molecule has 2 heterocycles. The maximum Gasteiger partial charge on any atom is 0.224 e. The molecule has 0 unspecified atom stereocenters. The molecule has 2 aromatic heterocycles. The molecule has 5 rings (SSSR count). The summed E-state index contributed by atoms with van der Waals surface area (Å²) < 4.78 is 0. The summed E-state index contributed by atoms with van der Waals surface area (Å²) in [5, 5.41) is 0. The van der Waals surface area contributed by atoms with Crippen LogP contribution in [0.2, 0.25) is 0 Å². The number of nitrogens with zero attached hydrogens (tertiary/aromatic N) is 2. The molecule has 6 N–H and O–H groups in total. The number of nitrogens with one attached hydrogen (secondary N) is 2. The Kier molecular flexibility index (Phi) is 5.72. The lowest BCUT2D eigenvalue weighted by Gasteiger charge is -2.42. The predicted octanol–water partition coefficient (Wildman–Crippen LogP) is 3.90. The van der Waals surface area contributed by atoms with Gasteiger partial charge < -0.3 is 21.4 Å². The number of fused-ring (bicyclic) bond motifs is 1. The van der Waals surface area contributed by atoms with E-state index in [1.54, 1.807) is 6.20 Å². The van der Waals surface area contributed by atoms with Gasteiger partial charge in [-0.15, -0.1) is 0 Å². The third-order valence-electron chi connectivity index (χ3n) is 7.34. The molecule has 1 atom stereocenters. The molecule has 1 amide bonds. The van der Waals surface area contributed by atoms with Gasteiger partial charge in [-0.25, -0.2) is 9.97 Å². The Hall–Kier alpha value is -3.45. The molecule has 1 aliphatic rings. The van der Waals surface area contributed by atoms with E-state index in [9.17, 15) is 4.79 Å². The lowest BCUT2D eigenvalue weighted by Crippen LogP contribution is -2.46. The van der Waals surface area contributed by atoms with Crippen molar-refractivity contribution >= 4 is 16.9 Å². The van der Waals surface area contributed by atoms with Crippen molar-refractivity contribution in [2.24, 2.45) is 22.8 Å². The van der Waals surface area contributed by atoms with Crippen LogP contribution >= 0.6 is 0 Å². The minimum absolute atomic E-state index is 0.158. The Morgan fingerprint density at radius 1 is 1.06 bits per heavy atom. The van der Waals surface area contributed by atoms with Gasteiger partial charge in [0.1, 0.15) is 11.5 Å². The standard InChI is InChI=1S/C26H30N6O/c27-15-18-10-12-26(13-11-18,25(28)33)19(14-17-6-2-1-3-7-17)23-29-16-22(32-23)24-30-20-8-4-5-9-21(20)31-24/h1-9,16,18-19H,10-15,27H2,(H2,28,33)(H,29,32)(H,30,31)/t18?,19-,26?/m1/s1. The first kappa shape index (κ1) is 21.4. The molecule has 33 heavy (non-hydrogen) atoms. The summed E-state index contributed by atoms with van der Waals surface area (Å²) in [6, 6.07) is 18.2. The maximum atomic E-state index is 13.0. The van der Waals surface area contributed by atoms with Crippen molar-refractivity contribution in [2.45, 2.75) is 38.0 Å². The number of nitrogens with two attached hydrogens (primary N) is 2. The summed E-state index contributed by atoms with van der Waals surface area (Å²) >= 11 is 0. The monoisotopic (exact) mass is 442 g/mol. The van der Waals surface area contributed by atoms with Crippen LogP contribution in [-0.4, -0.2) is 32.4 Å². The molecule has 0 aliphatic heterocycles. The van der Waals surface area contributed by atoms with Crippen molar-refractivity contribution < 1.29 is 4.79 Å².